The van der Waals surface area contributed by atoms with E-state index in [1.54, 1.807) is 18.2 Å². The molecule has 1 aliphatic rings. The molecule has 0 aliphatic heterocycles. The van der Waals surface area contributed by atoms with E-state index in [2.05, 4.69) is 5.32 Å². The molecule has 0 atom stereocenters. The first-order valence-electron chi connectivity index (χ1n) is 7.65. The smallest absolute Gasteiger partial charge is 0.258 e. The Hall–Kier alpha value is -2.43. The standard InChI is InChI=1S/C18H17F2NO2/c19-16-10-4-9-15(17(16)20)18(22)21-12-5-3-8-14(11-12)23-13-6-1-2-7-13/h3-5,8-11,13H,1-2,6-7H2,(H,21,22). The molecular weight excluding hydrogens is 300 g/mol. The lowest BCUT2D eigenvalue weighted by molar-refractivity contribution is 0.102. The van der Waals surface area contributed by atoms with Gasteiger partial charge in [-0.25, -0.2) is 8.78 Å². The van der Waals surface area contributed by atoms with Crippen molar-refractivity contribution in [3.8, 4) is 5.75 Å². The van der Waals surface area contributed by atoms with E-state index in [4.69, 9.17) is 4.74 Å². The zero-order valence-corrected chi connectivity index (χ0v) is 12.5. The van der Waals surface area contributed by atoms with Crippen molar-refractivity contribution in [3.63, 3.8) is 0 Å². The van der Waals surface area contributed by atoms with Gasteiger partial charge in [-0.3, -0.25) is 4.79 Å². The quantitative estimate of drug-likeness (QED) is 0.899. The van der Waals surface area contributed by atoms with Gasteiger partial charge in [0.2, 0.25) is 0 Å². The van der Waals surface area contributed by atoms with Crippen molar-refractivity contribution in [3.05, 3.63) is 59.7 Å². The lowest BCUT2D eigenvalue weighted by Crippen LogP contribution is -2.15. The minimum Gasteiger partial charge on any atom is -0.490 e. The molecular formula is C18H17F2NO2. The van der Waals surface area contributed by atoms with Crippen LogP contribution in [0.15, 0.2) is 42.5 Å². The summed E-state index contributed by atoms with van der Waals surface area (Å²) in [5.74, 6) is -2.23. The average molecular weight is 317 g/mol. The number of carbonyl (C=O) groups excluding carboxylic acids is 1. The van der Waals surface area contributed by atoms with Crippen LogP contribution >= 0.6 is 0 Å². The molecule has 0 unspecified atom stereocenters. The molecule has 1 saturated carbocycles. The maximum absolute atomic E-state index is 13.6. The molecule has 2 aromatic rings. The number of carbonyl (C=O) groups is 1. The van der Waals surface area contributed by atoms with Gasteiger partial charge in [-0.05, 0) is 49.9 Å². The van der Waals surface area contributed by atoms with Crippen LogP contribution < -0.4 is 10.1 Å². The summed E-state index contributed by atoms with van der Waals surface area (Å²) in [4.78, 5) is 12.1. The van der Waals surface area contributed by atoms with Gasteiger partial charge in [-0.2, -0.15) is 0 Å². The van der Waals surface area contributed by atoms with Gasteiger partial charge in [-0.15, -0.1) is 0 Å². The van der Waals surface area contributed by atoms with Crippen molar-refractivity contribution in [2.75, 3.05) is 5.32 Å². The molecule has 0 heterocycles. The molecule has 0 saturated heterocycles. The lowest BCUT2D eigenvalue weighted by Gasteiger charge is -2.14. The van der Waals surface area contributed by atoms with E-state index in [1.807, 2.05) is 6.07 Å². The van der Waals surface area contributed by atoms with Crippen LogP contribution in [0.5, 0.6) is 5.75 Å². The van der Waals surface area contributed by atoms with Crippen LogP contribution in [0.3, 0.4) is 0 Å². The Morgan fingerprint density at radius 3 is 2.61 bits per heavy atom. The van der Waals surface area contributed by atoms with Crippen LogP contribution in [0, 0.1) is 11.6 Å². The van der Waals surface area contributed by atoms with Crippen LogP contribution in [0.25, 0.3) is 0 Å². The number of hydrogen-bond donors (Lipinski definition) is 1. The third-order valence-electron chi connectivity index (χ3n) is 3.89. The van der Waals surface area contributed by atoms with E-state index in [0.29, 0.717) is 11.4 Å². The third kappa shape index (κ3) is 3.67. The topological polar surface area (TPSA) is 38.3 Å². The van der Waals surface area contributed by atoms with E-state index in [9.17, 15) is 13.6 Å². The molecule has 0 spiro atoms. The van der Waals surface area contributed by atoms with E-state index in [1.165, 1.54) is 25.0 Å². The van der Waals surface area contributed by atoms with Gasteiger partial charge < -0.3 is 10.1 Å². The van der Waals surface area contributed by atoms with Crippen molar-refractivity contribution < 1.29 is 18.3 Å². The summed E-state index contributed by atoms with van der Waals surface area (Å²) in [6.45, 7) is 0. The molecule has 120 valence electrons. The zero-order valence-electron chi connectivity index (χ0n) is 12.5. The lowest BCUT2D eigenvalue weighted by atomic mass is 10.2. The largest absolute Gasteiger partial charge is 0.490 e. The van der Waals surface area contributed by atoms with Crippen molar-refractivity contribution in [2.24, 2.45) is 0 Å². The van der Waals surface area contributed by atoms with Gasteiger partial charge >= 0.3 is 0 Å². The van der Waals surface area contributed by atoms with Gasteiger partial charge in [0.15, 0.2) is 11.6 Å². The van der Waals surface area contributed by atoms with Crippen LogP contribution in [0.1, 0.15) is 36.0 Å². The van der Waals surface area contributed by atoms with Crippen molar-refractivity contribution in [1.82, 2.24) is 0 Å². The minimum absolute atomic E-state index is 0.210. The number of hydrogen-bond acceptors (Lipinski definition) is 2. The Morgan fingerprint density at radius 1 is 1.09 bits per heavy atom. The third-order valence-corrected chi connectivity index (χ3v) is 3.89. The molecule has 23 heavy (non-hydrogen) atoms. The van der Waals surface area contributed by atoms with E-state index < -0.39 is 17.5 Å². The van der Waals surface area contributed by atoms with Gasteiger partial charge in [-0.1, -0.05) is 12.1 Å². The van der Waals surface area contributed by atoms with Crippen molar-refractivity contribution in [2.45, 2.75) is 31.8 Å². The fourth-order valence-electron chi connectivity index (χ4n) is 2.72. The number of nitrogens with one attached hydrogen (secondary N) is 1. The number of anilines is 1. The number of amides is 1. The number of rotatable bonds is 4. The van der Waals surface area contributed by atoms with Gasteiger partial charge in [0.1, 0.15) is 5.75 Å². The van der Waals surface area contributed by atoms with E-state index in [-0.39, 0.29) is 11.7 Å². The summed E-state index contributed by atoms with van der Waals surface area (Å²) in [6, 6.07) is 10.4. The number of halogens is 2. The van der Waals surface area contributed by atoms with Gasteiger partial charge in [0.25, 0.3) is 5.91 Å². The van der Waals surface area contributed by atoms with Gasteiger partial charge in [0, 0.05) is 11.8 Å². The summed E-state index contributed by atoms with van der Waals surface area (Å²) in [5.41, 5.74) is 0.154. The summed E-state index contributed by atoms with van der Waals surface area (Å²) in [5, 5.41) is 2.57. The SMILES string of the molecule is O=C(Nc1cccc(OC2CCCC2)c1)c1cccc(F)c1F. The molecule has 1 amide bonds. The highest BCUT2D eigenvalue weighted by atomic mass is 19.2. The minimum atomic E-state index is -1.15. The molecule has 1 N–H and O–H groups in total. The molecule has 1 fully saturated rings. The average Bonchev–Trinajstić information content (AvgIpc) is 3.03. The second-order valence-electron chi connectivity index (χ2n) is 5.61. The van der Waals surface area contributed by atoms with Crippen LogP contribution in [-0.4, -0.2) is 12.0 Å². The Bertz CT molecular complexity index is 712. The highest BCUT2D eigenvalue weighted by Gasteiger charge is 2.17. The second-order valence-corrected chi connectivity index (χ2v) is 5.61. The summed E-state index contributed by atoms with van der Waals surface area (Å²) >= 11 is 0. The molecule has 3 nitrogen and oxygen atoms in total. The fraction of sp³-hybridized carbons (Fsp3) is 0.278. The summed E-state index contributed by atoms with van der Waals surface area (Å²) in [6.07, 6.45) is 4.61. The first-order valence-corrected chi connectivity index (χ1v) is 7.65. The van der Waals surface area contributed by atoms with Crippen molar-refractivity contribution >= 4 is 11.6 Å². The molecule has 0 radical (unpaired) electrons. The Balaban J connectivity index is 1.72. The van der Waals surface area contributed by atoms with Crippen LogP contribution in [-0.2, 0) is 0 Å². The van der Waals surface area contributed by atoms with E-state index >= 15 is 0 Å². The first-order chi connectivity index (χ1) is 11.1. The maximum atomic E-state index is 13.6. The normalized spacial score (nSPS) is 14.7. The van der Waals surface area contributed by atoms with E-state index in [0.717, 1.165) is 18.9 Å². The molecule has 2 aromatic carbocycles. The molecule has 5 heteroatoms. The fourth-order valence-corrected chi connectivity index (χ4v) is 2.72. The van der Waals surface area contributed by atoms with Crippen molar-refractivity contribution in [1.29, 1.82) is 0 Å². The zero-order chi connectivity index (χ0) is 16.2. The molecule has 1 aliphatic carbocycles. The number of benzene rings is 2. The molecule has 0 bridgehead atoms. The molecule has 0 aromatic heterocycles. The number of ether oxygens (including phenoxy) is 1. The first kappa shape index (κ1) is 15.5. The Labute approximate surface area is 133 Å². The molecule has 3 rings (SSSR count). The monoisotopic (exact) mass is 317 g/mol. The maximum Gasteiger partial charge on any atom is 0.258 e. The van der Waals surface area contributed by atoms with Gasteiger partial charge in [0.05, 0.1) is 11.7 Å². The highest BCUT2D eigenvalue weighted by molar-refractivity contribution is 6.04. The van der Waals surface area contributed by atoms with Crippen LogP contribution in [0.2, 0.25) is 0 Å². The predicted molar refractivity (Wildman–Crippen MR) is 83.6 cm³/mol. The highest BCUT2D eigenvalue weighted by Crippen LogP contribution is 2.26. The summed E-state index contributed by atoms with van der Waals surface area (Å²) in [7, 11) is 0. The summed E-state index contributed by atoms with van der Waals surface area (Å²) < 4.78 is 32.7. The van der Waals surface area contributed by atoms with Crippen LogP contribution in [0.4, 0.5) is 14.5 Å². The Kier molecular flexibility index (Phi) is 4.55. The Morgan fingerprint density at radius 2 is 1.83 bits per heavy atom. The second kappa shape index (κ2) is 6.77. The predicted octanol–water partition coefficient (Wildman–Crippen LogP) is 4.54.